The largest absolute Gasteiger partial charge is 0.756 e. The minimum atomic E-state index is -4.71. The molecule has 3 unspecified atom stereocenters. The molecular weight excluding hydrogens is 1170 g/mol. The normalized spacial score (nSPS) is 13.6. The highest BCUT2D eigenvalue weighted by atomic mass is 31.2. The lowest BCUT2D eigenvalue weighted by Crippen LogP contribution is -2.47. The molecule has 0 rings (SSSR count). The molecule has 0 aliphatic heterocycles. The first-order valence-electron chi connectivity index (χ1n) is 40.9. The van der Waals surface area contributed by atoms with E-state index in [-0.39, 0.29) is 31.5 Å². The molecule has 1 amide bonds. The van der Waals surface area contributed by atoms with Crippen molar-refractivity contribution in [2.45, 2.75) is 431 Å². The second-order valence-electron chi connectivity index (χ2n) is 29.3. The van der Waals surface area contributed by atoms with Gasteiger partial charge in [0.1, 0.15) is 19.3 Å². The highest BCUT2D eigenvalue weighted by Crippen LogP contribution is 2.38. The number of phosphoric acid groups is 1. The van der Waals surface area contributed by atoms with Crippen molar-refractivity contribution in [1.82, 2.24) is 5.32 Å². The molecule has 0 aromatic heterocycles. The molecule has 1 N–H and O–H groups in total. The van der Waals surface area contributed by atoms with E-state index in [2.05, 4.69) is 62.5 Å². The molecule has 0 radical (unpaired) electrons. The number of likely N-dealkylation sites (N-methyl/N-ethyl adjacent to an activating group) is 1. The van der Waals surface area contributed by atoms with Crippen LogP contribution in [0.3, 0.4) is 0 Å². The Bertz CT molecular complexity index is 1730. The molecular formula is C83H159N2O7P. The van der Waals surface area contributed by atoms with Gasteiger partial charge in [-0.1, -0.05) is 365 Å². The number of carbonyl (C=O) groups is 2. The first-order chi connectivity index (χ1) is 45.4. The number of hydrogen-bond donors (Lipinski definition) is 1. The number of carbonyl (C=O) groups excluding carboxylic acids is 2. The van der Waals surface area contributed by atoms with E-state index in [4.69, 9.17) is 13.8 Å². The number of esters is 1. The van der Waals surface area contributed by atoms with Gasteiger partial charge in [-0.15, -0.1) is 0 Å². The van der Waals surface area contributed by atoms with E-state index >= 15 is 0 Å². The zero-order valence-electron chi connectivity index (χ0n) is 63.0. The predicted molar refractivity (Wildman–Crippen MR) is 404 cm³/mol. The molecule has 0 aliphatic carbocycles. The Morgan fingerprint density at radius 2 is 0.656 bits per heavy atom. The number of allylic oxidation sites excluding steroid dienone is 7. The van der Waals surface area contributed by atoms with Crippen LogP contribution in [0.15, 0.2) is 48.6 Å². The Hall–Kier alpha value is -2.03. The lowest BCUT2D eigenvalue weighted by atomic mass is 10.0. The molecule has 9 nitrogen and oxygen atoms in total. The zero-order valence-corrected chi connectivity index (χ0v) is 63.9. The summed E-state index contributed by atoms with van der Waals surface area (Å²) < 4.78 is 30.6. The van der Waals surface area contributed by atoms with Crippen LogP contribution in [-0.4, -0.2) is 69.4 Å². The van der Waals surface area contributed by atoms with E-state index < -0.39 is 20.0 Å². The second-order valence-corrected chi connectivity index (χ2v) is 30.7. The number of hydrogen-bond acceptors (Lipinski definition) is 7. The predicted octanol–water partition coefficient (Wildman–Crippen LogP) is 26.1. The fraction of sp³-hybridized carbons (Fsp3) is 0.880. The van der Waals surface area contributed by atoms with Crippen LogP contribution in [0.2, 0.25) is 0 Å². The minimum absolute atomic E-state index is 0.0193. The summed E-state index contributed by atoms with van der Waals surface area (Å²) in [6, 6.07) is -0.887. The Labute approximate surface area is 579 Å². The molecule has 0 saturated carbocycles. The molecule has 0 aromatic rings. The number of nitrogens with zero attached hydrogens (tertiary/aromatic N) is 1. The molecule has 10 heteroatoms. The van der Waals surface area contributed by atoms with Crippen molar-refractivity contribution in [2.75, 3.05) is 40.9 Å². The van der Waals surface area contributed by atoms with Crippen LogP contribution in [0, 0.1) is 0 Å². The lowest BCUT2D eigenvalue weighted by Gasteiger charge is -2.30. The summed E-state index contributed by atoms with van der Waals surface area (Å²) in [5.41, 5.74) is 0. The third-order valence-corrected chi connectivity index (χ3v) is 19.7. The Balaban J connectivity index is 4.89. The van der Waals surface area contributed by atoms with Gasteiger partial charge in [0, 0.05) is 12.8 Å². The Morgan fingerprint density at radius 1 is 0.376 bits per heavy atom. The van der Waals surface area contributed by atoms with Crippen molar-refractivity contribution in [3.63, 3.8) is 0 Å². The van der Waals surface area contributed by atoms with E-state index in [0.717, 1.165) is 64.2 Å². The van der Waals surface area contributed by atoms with Gasteiger partial charge in [-0.3, -0.25) is 14.2 Å². The van der Waals surface area contributed by atoms with Crippen molar-refractivity contribution in [2.24, 2.45) is 0 Å². The zero-order chi connectivity index (χ0) is 67.8. The van der Waals surface area contributed by atoms with Gasteiger partial charge in [0.2, 0.25) is 5.91 Å². The maximum absolute atomic E-state index is 13.7. The van der Waals surface area contributed by atoms with Gasteiger partial charge in [0.15, 0.2) is 0 Å². The van der Waals surface area contributed by atoms with Crippen molar-refractivity contribution in [1.29, 1.82) is 0 Å². The number of quaternary nitrogens is 1. The maximum Gasteiger partial charge on any atom is 0.306 e. The Morgan fingerprint density at radius 3 is 1.00 bits per heavy atom. The standard InChI is InChI=1S/C83H159N2O7P/c1-7-10-13-16-19-22-25-28-30-32-34-36-38-40-42-44-46-48-50-52-54-57-60-63-66-69-72-75-82(86)84-80(79-91-93(88,89)90-78-77-85(4,5)6)81(74-71-68-65-62-59-56-27-24-21-18-15-12-9-3)92-83(87)76-73-70-67-64-61-58-55-53-51-49-47-45-43-41-39-37-35-33-31-29-26-23-20-17-14-11-8-2/h20,23,28-31,71,74,80-81H,7-19,21-22,24-27,32-70,72-73,75-79H2,1-6H3,(H-,84,86,88,89)/b23-20-,30-28+,31-29-,74-71+. The molecule has 0 spiro atoms. The van der Waals surface area contributed by atoms with Gasteiger partial charge in [0.25, 0.3) is 7.82 Å². The third kappa shape index (κ3) is 74.0. The minimum Gasteiger partial charge on any atom is -0.756 e. The van der Waals surface area contributed by atoms with Crippen LogP contribution in [0.5, 0.6) is 0 Å². The summed E-state index contributed by atoms with van der Waals surface area (Å²) in [6.45, 7) is 6.89. The SMILES string of the molecule is CCCCC/C=C\C/C=C\CCCCCCCCCCCCCCCCCCCC(=O)OC(/C=C/CCCCCCCCCCCCC)C(COP(=O)([O-])OCC[N+](C)(C)C)NC(=O)CCCCCCCCCCCCCCCCCCC/C=C/CCCCCCCC. The highest BCUT2D eigenvalue weighted by Gasteiger charge is 2.27. The summed E-state index contributed by atoms with van der Waals surface area (Å²) in [5, 5.41) is 3.06. The van der Waals surface area contributed by atoms with E-state index in [0.29, 0.717) is 17.4 Å². The lowest BCUT2D eigenvalue weighted by molar-refractivity contribution is -0.870. The molecule has 0 fully saturated rings. The summed E-state index contributed by atoms with van der Waals surface area (Å²) in [4.78, 5) is 40.4. The molecule has 548 valence electrons. The van der Waals surface area contributed by atoms with Gasteiger partial charge in [0.05, 0.1) is 33.8 Å². The van der Waals surface area contributed by atoms with Gasteiger partial charge in [-0.05, 0) is 89.5 Å². The van der Waals surface area contributed by atoms with Gasteiger partial charge < -0.3 is 28.5 Å². The van der Waals surface area contributed by atoms with Gasteiger partial charge >= 0.3 is 5.97 Å². The van der Waals surface area contributed by atoms with Crippen molar-refractivity contribution in [3.05, 3.63) is 48.6 Å². The molecule has 93 heavy (non-hydrogen) atoms. The number of rotatable bonds is 76. The fourth-order valence-corrected chi connectivity index (χ4v) is 13.2. The molecule has 0 bridgehead atoms. The summed E-state index contributed by atoms with van der Waals surface area (Å²) in [5.74, 6) is -0.516. The quantitative estimate of drug-likeness (QED) is 0.0212. The number of phosphoric ester groups is 1. The highest BCUT2D eigenvalue weighted by molar-refractivity contribution is 7.45. The third-order valence-electron chi connectivity index (χ3n) is 18.7. The number of nitrogens with one attached hydrogen (secondary N) is 1. The average Bonchev–Trinajstić information content (AvgIpc) is 2.15. The smallest absolute Gasteiger partial charge is 0.306 e. The molecule has 3 atom stereocenters. The van der Waals surface area contributed by atoms with E-state index in [1.54, 1.807) is 0 Å². The van der Waals surface area contributed by atoms with Crippen molar-refractivity contribution < 1.29 is 37.3 Å². The molecule has 0 heterocycles. The van der Waals surface area contributed by atoms with E-state index in [1.807, 2.05) is 33.3 Å². The number of amides is 1. The van der Waals surface area contributed by atoms with Crippen LogP contribution >= 0.6 is 7.82 Å². The van der Waals surface area contributed by atoms with E-state index in [9.17, 15) is 19.0 Å². The maximum atomic E-state index is 13.7. The van der Waals surface area contributed by atoms with Gasteiger partial charge in [-0.25, -0.2) is 0 Å². The van der Waals surface area contributed by atoms with Crippen molar-refractivity contribution in [3.8, 4) is 0 Å². The average molecular weight is 1330 g/mol. The van der Waals surface area contributed by atoms with Crippen LogP contribution < -0.4 is 10.2 Å². The van der Waals surface area contributed by atoms with E-state index in [1.165, 1.54) is 321 Å². The first kappa shape index (κ1) is 91.0. The van der Waals surface area contributed by atoms with Crippen LogP contribution in [0.4, 0.5) is 0 Å². The summed E-state index contributed by atoms with van der Waals surface area (Å²) >= 11 is 0. The topological polar surface area (TPSA) is 114 Å². The monoisotopic (exact) mass is 1330 g/mol. The number of unbranched alkanes of at least 4 members (excludes halogenated alkanes) is 54. The molecule has 0 saturated heterocycles. The number of ether oxygens (including phenoxy) is 1. The Kier molecular flexibility index (Phi) is 71.1. The first-order valence-corrected chi connectivity index (χ1v) is 42.4. The van der Waals surface area contributed by atoms with Crippen LogP contribution in [0.25, 0.3) is 0 Å². The fourth-order valence-electron chi connectivity index (χ4n) is 12.4. The molecule has 0 aliphatic rings. The second kappa shape index (κ2) is 72.7. The molecule has 0 aromatic carbocycles. The van der Waals surface area contributed by atoms with Gasteiger partial charge in [-0.2, -0.15) is 0 Å². The summed E-state index contributed by atoms with van der Waals surface area (Å²) in [6.07, 6.45) is 94.1. The summed E-state index contributed by atoms with van der Waals surface area (Å²) in [7, 11) is 1.21. The van der Waals surface area contributed by atoms with Crippen LogP contribution in [0.1, 0.15) is 419 Å². The van der Waals surface area contributed by atoms with Crippen LogP contribution in [-0.2, 0) is 27.9 Å². The van der Waals surface area contributed by atoms with Crippen molar-refractivity contribution >= 4 is 19.7 Å².